The second kappa shape index (κ2) is 11.3. The molecule has 5 rings (SSSR count). The lowest BCUT2D eigenvalue weighted by molar-refractivity contribution is -0.126. The fourth-order valence-corrected chi connectivity index (χ4v) is 5.60. The van der Waals surface area contributed by atoms with E-state index in [-0.39, 0.29) is 24.0 Å². The molecule has 0 spiro atoms. The van der Waals surface area contributed by atoms with Crippen molar-refractivity contribution in [3.63, 3.8) is 0 Å². The molecule has 2 aromatic rings. The standard InChI is InChI=1S/C29H38N4O3/c1-2-25-21-33(26-10-5-6-11-27(26)36-25)29(35)32-18-13-23(14-19-32)28(34)30-15-7-16-31-17-12-22-8-3-4-9-24(22)20-31/h3-6,8-11,23,25H,2,7,12-21H2,1H3,(H,30,34)/t25-/m1/s1. The molecule has 3 aliphatic rings. The molecule has 3 heterocycles. The largest absolute Gasteiger partial charge is 0.486 e. The normalized spacial score (nSPS) is 20.3. The third-order valence-electron chi connectivity index (χ3n) is 7.82. The summed E-state index contributed by atoms with van der Waals surface area (Å²) in [6.07, 6.45) is 4.35. The Bertz CT molecular complexity index is 1070. The minimum atomic E-state index is -0.0173. The second-order valence-corrected chi connectivity index (χ2v) is 10.2. The van der Waals surface area contributed by atoms with Crippen molar-refractivity contribution in [2.75, 3.05) is 44.2 Å². The molecule has 0 saturated carbocycles. The van der Waals surface area contributed by atoms with Gasteiger partial charge in [-0.2, -0.15) is 0 Å². The van der Waals surface area contributed by atoms with Gasteiger partial charge in [0.05, 0.1) is 12.2 Å². The highest BCUT2D eigenvalue weighted by Gasteiger charge is 2.34. The molecular formula is C29H38N4O3. The zero-order valence-electron chi connectivity index (χ0n) is 21.3. The van der Waals surface area contributed by atoms with Crippen LogP contribution in [0.4, 0.5) is 10.5 Å². The number of piperidine rings is 1. The van der Waals surface area contributed by atoms with E-state index in [1.807, 2.05) is 34.1 Å². The van der Waals surface area contributed by atoms with Crippen LogP contribution in [0.25, 0.3) is 0 Å². The van der Waals surface area contributed by atoms with Crippen molar-refractivity contribution in [1.29, 1.82) is 0 Å². The van der Waals surface area contributed by atoms with Crippen LogP contribution in [-0.2, 0) is 17.8 Å². The SMILES string of the molecule is CC[C@@H]1CN(C(=O)N2CCC(C(=O)NCCCN3CCc4ccccc4C3)CC2)c2ccccc2O1. The zero-order valence-corrected chi connectivity index (χ0v) is 21.3. The van der Waals surface area contributed by atoms with Crippen LogP contribution in [0, 0.1) is 5.92 Å². The van der Waals surface area contributed by atoms with E-state index < -0.39 is 0 Å². The smallest absolute Gasteiger partial charge is 0.324 e. The predicted octanol–water partition coefficient (Wildman–Crippen LogP) is 4.06. The molecule has 0 radical (unpaired) electrons. The Morgan fingerprint density at radius 3 is 2.56 bits per heavy atom. The summed E-state index contributed by atoms with van der Waals surface area (Å²) < 4.78 is 6.03. The summed E-state index contributed by atoms with van der Waals surface area (Å²) in [6.45, 7) is 7.67. The number of carbonyl (C=O) groups is 2. The molecule has 0 aliphatic carbocycles. The third-order valence-corrected chi connectivity index (χ3v) is 7.82. The van der Waals surface area contributed by atoms with Gasteiger partial charge in [-0.25, -0.2) is 4.79 Å². The number of hydrogen-bond acceptors (Lipinski definition) is 4. The van der Waals surface area contributed by atoms with E-state index in [2.05, 4.69) is 41.4 Å². The number of urea groups is 1. The zero-order chi connectivity index (χ0) is 24.9. The van der Waals surface area contributed by atoms with Crippen LogP contribution < -0.4 is 15.0 Å². The molecule has 0 unspecified atom stereocenters. The summed E-state index contributed by atoms with van der Waals surface area (Å²) >= 11 is 0. The number of para-hydroxylation sites is 2. The lowest BCUT2D eigenvalue weighted by atomic mass is 9.96. The van der Waals surface area contributed by atoms with Gasteiger partial charge in [0.25, 0.3) is 0 Å². The molecule has 3 aliphatic heterocycles. The van der Waals surface area contributed by atoms with Crippen LogP contribution >= 0.6 is 0 Å². The fourth-order valence-electron chi connectivity index (χ4n) is 5.60. The third kappa shape index (κ3) is 5.51. The Hall–Kier alpha value is -3.06. The number of carbonyl (C=O) groups excluding carboxylic acids is 2. The molecule has 3 amide bonds. The monoisotopic (exact) mass is 490 g/mol. The molecule has 1 saturated heterocycles. The van der Waals surface area contributed by atoms with Crippen molar-refractivity contribution in [2.24, 2.45) is 5.92 Å². The van der Waals surface area contributed by atoms with Gasteiger partial charge in [-0.05, 0) is 55.4 Å². The second-order valence-electron chi connectivity index (χ2n) is 10.2. The summed E-state index contributed by atoms with van der Waals surface area (Å²) in [5.74, 6) is 0.886. The van der Waals surface area contributed by atoms with Crippen molar-refractivity contribution in [3.05, 3.63) is 59.7 Å². The lowest BCUT2D eigenvalue weighted by Crippen LogP contribution is -2.52. The Labute approximate surface area is 214 Å². The summed E-state index contributed by atoms with van der Waals surface area (Å²) in [6, 6.07) is 16.5. The van der Waals surface area contributed by atoms with Gasteiger partial charge in [0, 0.05) is 45.2 Å². The molecule has 192 valence electrons. The minimum Gasteiger partial charge on any atom is -0.486 e. The van der Waals surface area contributed by atoms with Crippen molar-refractivity contribution < 1.29 is 14.3 Å². The number of amides is 3. The Morgan fingerprint density at radius 2 is 1.75 bits per heavy atom. The van der Waals surface area contributed by atoms with E-state index >= 15 is 0 Å². The highest BCUT2D eigenvalue weighted by Crippen LogP contribution is 2.35. The van der Waals surface area contributed by atoms with Crippen molar-refractivity contribution in [3.8, 4) is 5.75 Å². The first kappa shape index (κ1) is 24.6. The van der Waals surface area contributed by atoms with Gasteiger partial charge < -0.3 is 15.0 Å². The molecule has 1 fully saturated rings. The summed E-state index contributed by atoms with van der Waals surface area (Å²) in [5, 5.41) is 3.15. The molecular weight excluding hydrogens is 452 g/mol. The predicted molar refractivity (Wildman–Crippen MR) is 141 cm³/mol. The van der Waals surface area contributed by atoms with Gasteiger partial charge in [-0.15, -0.1) is 0 Å². The highest BCUT2D eigenvalue weighted by atomic mass is 16.5. The minimum absolute atomic E-state index is 0.00634. The van der Waals surface area contributed by atoms with Crippen LogP contribution in [-0.4, -0.2) is 67.1 Å². The molecule has 1 atom stereocenters. The van der Waals surface area contributed by atoms with E-state index in [9.17, 15) is 9.59 Å². The number of anilines is 1. The van der Waals surface area contributed by atoms with Crippen LogP contribution in [0.1, 0.15) is 43.7 Å². The van der Waals surface area contributed by atoms with Crippen LogP contribution in [0.2, 0.25) is 0 Å². The number of hydrogen-bond donors (Lipinski definition) is 1. The Kier molecular flexibility index (Phi) is 7.75. The van der Waals surface area contributed by atoms with Crippen molar-refractivity contribution in [1.82, 2.24) is 15.1 Å². The summed E-state index contributed by atoms with van der Waals surface area (Å²) in [7, 11) is 0. The molecule has 1 N–H and O–H groups in total. The van der Waals surface area contributed by atoms with Gasteiger partial charge in [-0.3, -0.25) is 14.6 Å². The molecule has 2 aromatic carbocycles. The summed E-state index contributed by atoms with van der Waals surface area (Å²) in [5.41, 5.74) is 3.74. The van der Waals surface area contributed by atoms with E-state index in [1.54, 1.807) is 0 Å². The maximum atomic E-state index is 13.4. The van der Waals surface area contributed by atoms with E-state index in [1.165, 1.54) is 11.1 Å². The maximum absolute atomic E-state index is 13.4. The average Bonchev–Trinajstić information content (AvgIpc) is 2.94. The van der Waals surface area contributed by atoms with Gasteiger partial charge in [0.1, 0.15) is 11.9 Å². The summed E-state index contributed by atoms with van der Waals surface area (Å²) in [4.78, 5) is 32.4. The number of fused-ring (bicyclic) bond motifs is 2. The highest BCUT2D eigenvalue weighted by molar-refractivity contribution is 5.94. The van der Waals surface area contributed by atoms with Crippen molar-refractivity contribution >= 4 is 17.6 Å². The molecule has 7 heteroatoms. The Balaban J connectivity index is 1.05. The lowest BCUT2D eigenvalue weighted by Gasteiger charge is -2.39. The average molecular weight is 491 g/mol. The van der Waals surface area contributed by atoms with Crippen LogP contribution in [0.5, 0.6) is 5.75 Å². The quantitative estimate of drug-likeness (QED) is 0.621. The van der Waals surface area contributed by atoms with Gasteiger partial charge in [0.2, 0.25) is 5.91 Å². The van der Waals surface area contributed by atoms with E-state index in [0.29, 0.717) is 39.0 Å². The van der Waals surface area contributed by atoms with Crippen LogP contribution in [0.3, 0.4) is 0 Å². The Morgan fingerprint density at radius 1 is 1.00 bits per heavy atom. The molecule has 0 bridgehead atoms. The number of nitrogens with one attached hydrogen (secondary N) is 1. The molecule has 36 heavy (non-hydrogen) atoms. The number of benzene rings is 2. The fraction of sp³-hybridized carbons (Fsp3) is 0.517. The maximum Gasteiger partial charge on any atom is 0.324 e. The topological polar surface area (TPSA) is 65.1 Å². The molecule has 0 aromatic heterocycles. The first-order chi connectivity index (χ1) is 17.6. The first-order valence-electron chi connectivity index (χ1n) is 13.5. The number of ether oxygens (including phenoxy) is 1. The number of likely N-dealkylation sites (tertiary alicyclic amines) is 1. The van der Waals surface area contributed by atoms with Crippen LogP contribution in [0.15, 0.2) is 48.5 Å². The van der Waals surface area contributed by atoms with E-state index in [0.717, 1.165) is 50.3 Å². The van der Waals surface area contributed by atoms with Gasteiger partial charge in [0.15, 0.2) is 0 Å². The van der Waals surface area contributed by atoms with Crippen molar-refractivity contribution in [2.45, 2.75) is 51.7 Å². The number of rotatable bonds is 6. The van der Waals surface area contributed by atoms with E-state index in [4.69, 9.17) is 4.74 Å². The van der Waals surface area contributed by atoms with Gasteiger partial charge in [-0.1, -0.05) is 43.3 Å². The first-order valence-corrected chi connectivity index (χ1v) is 13.5. The number of nitrogens with zero attached hydrogens (tertiary/aromatic N) is 3. The van der Waals surface area contributed by atoms with Gasteiger partial charge >= 0.3 is 6.03 Å². The molecule has 7 nitrogen and oxygen atoms in total.